The number of aromatic nitrogens is 5. The van der Waals surface area contributed by atoms with Crippen molar-refractivity contribution in [1.29, 1.82) is 0 Å². The lowest BCUT2D eigenvalue weighted by Gasteiger charge is -2.29. The molecule has 2 aliphatic rings. The Hall–Kier alpha value is -11.1. The molecule has 1 unspecified atom stereocenters. The van der Waals surface area contributed by atoms with E-state index in [1.54, 1.807) is 0 Å². The number of benzene rings is 11. The van der Waals surface area contributed by atoms with E-state index in [0.29, 0.717) is 5.82 Å². The molecule has 15 aromatic rings. The van der Waals surface area contributed by atoms with Gasteiger partial charge >= 0.3 is 0 Å². The second kappa shape index (κ2) is 20.9. The van der Waals surface area contributed by atoms with Gasteiger partial charge in [-0.25, -0.2) is 19.9 Å². The van der Waals surface area contributed by atoms with Gasteiger partial charge in [0.2, 0.25) is 0 Å². The Balaban J connectivity index is 0.804. The van der Waals surface area contributed by atoms with Crippen molar-refractivity contribution >= 4 is 75.8 Å². The van der Waals surface area contributed by atoms with E-state index in [4.69, 9.17) is 19.9 Å². The van der Waals surface area contributed by atoms with E-state index in [1.807, 2.05) is 23.5 Å². The van der Waals surface area contributed by atoms with E-state index in [9.17, 15) is 0 Å². The summed E-state index contributed by atoms with van der Waals surface area (Å²) in [5.74, 6) is 1.41. The van der Waals surface area contributed by atoms with E-state index in [0.717, 1.165) is 118 Å². The highest BCUT2D eigenvalue weighted by Crippen LogP contribution is 2.52. The Labute approximate surface area is 507 Å². The predicted octanol–water partition coefficient (Wildman–Crippen LogP) is 20.8. The summed E-state index contributed by atoms with van der Waals surface area (Å²) in [6.07, 6.45) is 5.42. The fourth-order valence-corrected chi connectivity index (χ4v) is 14.3. The minimum atomic E-state index is 0.0517. The minimum Gasteiger partial charge on any atom is -0.333 e. The van der Waals surface area contributed by atoms with Gasteiger partial charge in [-0.05, 0) is 125 Å². The van der Waals surface area contributed by atoms with E-state index >= 15 is 0 Å². The quantitative estimate of drug-likeness (QED) is 0.137. The first-order chi connectivity index (χ1) is 43.1. The molecule has 6 nitrogen and oxygen atoms in total. The van der Waals surface area contributed by atoms with Crippen molar-refractivity contribution in [2.45, 2.75) is 12.5 Å². The summed E-state index contributed by atoms with van der Waals surface area (Å²) in [5.41, 5.74) is 22.5. The van der Waals surface area contributed by atoms with Crippen LogP contribution in [-0.4, -0.2) is 30.5 Å². The normalized spacial score (nSPS) is 13.7. The van der Waals surface area contributed by atoms with Crippen LogP contribution in [-0.2, 0) is 0 Å². The van der Waals surface area contributed by atoms with Gasteiger partial charge in [-0.3, -0.25) is 0 Å². The summed E-state index contributed by atoms with van der Waals surface area (Å²) in [5, 5.41) is 4.73. The van der Waals surface area contributed by atoms with Crippen molar-refractivity contribution in [3.8, 4) is 84.4 Å². The lowest BCUT2D eigenvalue weighted by Crippen LogP contribution is -2.27. The molecule has 408 valence electrons. The predicted molar refractivity (Wildman–Crippen MR) is 362 cm³/mol. The maximum atomic E-state index is 5.39. The Morgan fingerprint density at radius 2 is 0.805 bits per heavy atom. The van der Waals surface area contributed by atoms with Gasteiger partial charge < -0.3 is 9.47 Å². The average Bonchev–Trinajstić information content (AvgIpc) is 2.07. The molecular formula is C80H52N6S. The highest BCUT2D eigenvalue weighted by molar-refractivity contribution is 7.25. The zero-order valence-corrected chi connectivity index (χ0v) is 48.0. The first-order valence-corrected chi connectivity index (χ1v) is 30.4. The summed E-state index contributed by atoms with van der Waals surface area (Å²) in [6, 6.07) is 102. The molecule has 1 aliphatic carbocycles. The van der Waals surface area contributed by atoms with Gasteiger partial charge in [0.05, 0.1) is 39.9 Å². The van der Waals surface area contributed by atoms with Gasteiger partial charge in [-0.15, -0.1) is 11.3 Å². The minimum absolute atomic E-state index is 0.0517. The van der Waals surface area contributed by atoms with Crippen LogP contribution >= 0.6 is 11.3 Å². The molecular weight excluding hydrogens is 1080 g/mol. The topological polar surface area (TPSA) is 59.7 Å². The van der Waals surface area contributed by atoms with Gasteiger partial charge in [0, 0.05) is 87.0 Å². The third-order valence-corrected chi connectivity index (χ3v) is 18.5. The molecule has 0 saturated carbocycles. The molecule has 0 bridgehead atoms. The second-order valence-electron chi connectivity index (χ2n) is 22.4. The van der Waals surface area contributed by atoms with Crippen molar-refractivity contribution < 1.29 is 0 Å². The number of para-hydroxylation sites is 2. The van der Waals surface area contributed by atoms with Crippen LogP contribution in [0.15, 0.2) is 297 Å². The van der Waals surface area contributed by atoms with E-state index in [-0.39, 0.29) is 6.04 Å². The Bertz CT molecular complexity index is 5110. The third kappa shape index (κ3) is 8.78. The summed E-state index contributed by atoms with van der Waals surface area (Å²) in [4.78, 5) is 24.0. The van der Waals surface area contributed by atoms with Crippen LogP contribution in [0.1, 0.15) is 17.8 Å². The van der Waals surface area contributed by atoms with Gasteiger partial charge in [0.1, 0.15) is 0 Å². The number of fused-ring (bicyclic) bond motifs is 9. The number of anilines is 2. The van der Waals surface area contributed by atoms with Crippen LogP contribution in [0, 0.1) is 0 Å². The summed E-state index contributed by atoms with van der Waals surface area (Å²) >= 11 is 1.85. The summed E-state index contributed by atoms with van der Waals surface area (Å²) in [7, 11) is 0. The summed E-state index contributed by atoms with van der Waals surface area (Å²) < 4.78 is 4.90. The second-order valence-corrected chi connectivity index (χ2v) is 23.5. The van der Waals surface area contributed by atoms with E-state index in [2.05, 4.69) is 295 Å². The fraction of sp³-hybridized carbons (Fsp3) is 0.0250. The average molecular weight is 1130 g/mol. The zero-order valence-electron chi connectivity index (χ0n) is 47.2. The largest absolute Gasteiger partial charge is 0.333 e. The Kier molecular flexibility index (Phi) is 12.1. The molecule has 0 saturated heterocycles. The Morgan fingerprint density at radius 1 is 0.345 bits per heavy atom. The van der Waals surface area contributed by atoms with Crippen LogP contribution in [0.25, 0.3) is 137 Å². The van der Waals surface area contributed by atoms with Crippen LogP contribution in [0.5, 0.6) is 0 Å². The Morgan fingerprint density at radius 3 is 1.34 bits per heavy atom. The molecule has 5 heterocycles. The molecule has 4 aromatic heterocycles. The van der Waals surface area contributed by atoms with E-state index < -0.39 is 0 Å². The van der Waals surface area contributed by atoms with Crippen LogP contribution < -0.4 is 4.90 Å². The molecule has 1 atom stereocenters. The monoisotopic (exact) mass is 1130 g/mol. The maximum absolute atomic E-state index is 5.39. The van der Waals surface area contributed by atoms with Crippen LogP contribution in [0.3, 0.4) is 0 Å². The molecule has 0 fully saturated rings. The first-order valence-electron chi connectivity index (χ1n) is 29.6. The fourth-order valence-electron chi connectivity index (χ4n) is 13.3. The maximum Gasteiger partial charge on any atom is 0.161 e. The number of nitrogens with zero attached hydrogens (tertiary/aromatic N) is 6. The SMILES string of the molecule is C1=CC(c2nc(-c3ccccc3)cc(-c3ccccc3)n2)=C2c3cc(-c4ccc5sc6ccc(-c7ccc8c(c7)c7c(-c9nc(-c%10ccccc%10)cc(-c%10ccccc%10)n9)cccc7n8-c7ccccc7)cc6c5c4)ccc3N(c3ccccc3)C2C1. The molecule has 0 N–H and O–H groups in total. The molecule has 7 heteroatoms. The lowest BCUT2D eigenvalue weighted by molar-refractivity contribution is 0.830. The zero-order chi connectivity index (χ0) is 57.4. The molecule has 11 aromatic carbocycles. The smallest absolute Gasteiger partial charge is 0.161 e. The molecule has 0 spiro atoms. The molecule has 17 rings (SSSR count). The third-order valence-electron chi connectivity index (χ3n) is 17.3. The number of hydrogen-bond acceptors (Lipinski definition) is 6. The number of thiophene rings is 1. The standard InChI is InChI=1S/C80H52N6S/c1-7-21-51(22-8-1)67-49-68(52-23-9-2-10-24-52)82-79(81-67)61-33-19-35-73-77(61)65-47-55(37-41-71(65)85(73)59-29-15-5-16-30-59)57-39-43-75-63(45-57)64-46-58(40-44-76(64)87-75)56-38-42-72-66(48-56)78-62(34-20-36-74(78)86(72)60-31-17-6-18-32-60)80-83-69(53-25-11-3-12-26-53)50-70(84-80)54-27-13-4-14-28-54/h1-35,37-50,74H,36H2. The van der Waals surface area contributed by atoms with Crippen molar-refractivity contribution in [2.24, 2.45) is 0 Å². The van der Waals surface area contributed by atoms with E-state index in [1.165, 1.54) is 42.6 Å². The van der Waals surface area contributed by atoms with Gasteiger partial charge in [-0.1, -0.05) is 206 Å². The first kappa shape index (κ1) is 50.4. The van der Waals surface area contributed by atoms with Gasteiger partial charge in [-0.2, -0.15) is 0 Å². The highest BCUT2D eigenvalue weighted by atomic mass is 32.1. The van der Waals surface area contributed by atoms with Crippen molar-refractivity contribution in [3.05, 3.63) is 309 Å². The molecule has 87 heavy (non-hydrogen) atoms. The lowest BCUT2D eigenvalue weighted by atomic mass is 9.88. The number of allylic oxidation sites excluding steroid dienone is 2. The van der Waals surface area contributed by atoms with Gasteiger partial charge in [0.25, 0.3) is 0 Å². The van der Waals surface area contributed by atoms with Crippen molar-refractivity contribution in [2.75, 3.05) is 4.90 Å². The van der Waals surface area contributed by atoms with Crippen LogP contribution in [0.4, 0.5) is 11.4 Å². The van der Waals surface area contributed by atoms with Crippen molar-refractivity contribution in [3.63, 3.8) is 0 Å². The number of rotatable bonds is 10. The molecule has 0 radical (unpaired) electrons. The van der Waals surface area contributed by atoms with Gasteiger partial charge in [0.15, 0.2) is 11.6 Å². The summed E-state index contributed by atoms with van der Waals surface area (Å²) in [6.45, 7) is 0. The van der Waals surface area contributed by atoms with Crippen LogP contribution in [0.2, 0.25) is 0 Å². The molecule has 1 aliphatic heterocycles. The molecule has 0 amide bonds. The number of hydrogen-bond donors (Lipinski definition) is 0. The van der Waals surface area contributed by atoms with Crippen molar-refractivity contribution in [1.82, 2.24) is 24.5 Å². The highest BCUT2D eigenvalue weighted by Gasteiger charge is 2.38.